The van der Waals surface area contributed by atoms with Crippen LogP contribution in [0.5, 0.6) is 0 Å². The Kier molecular flexibility index (Phi) is 4.92. The van der Waals surface area contributed by atoms with Gasteiger partial charge in [0, 0.05) is 13.2 Å². The minimum Gasteiger partial charge on any atom is -0.381 e. The number of rotatable bonds is 1. The first-order valence-corrected chi connectivity index (χ1v) is 6.56. The van der Waals surface area contributed by atoms with Gasteiger partial charge in [0.1, 0.15) is 0 Å². The van der Waals surface area contributed by atoms with Crippen LogP contribution in [0.1, 0.15) is 18.4 Å². The lowest BCUT2D eigenvalue weighted by atomic mass is 10.2. The highest BCUT2D eigenvalue weighted by atomic mass is 32.2. The van der Waals surface area contributed by atoms with Gasteiger partial charge < -0.3 is 4.74 Å². The van der Waals surface area contributed by atoms with Gasteiger partial charge in [0.15, 0.2) is 0 Å². The normalized spacial score (nSPS) is 15.4. The number of aryl methyl sites for hydroxylation is 1. The first kappa shape index (κ1) is 13.2. The zero-order chi connectivity index (χ0) is 12.0. The standard InChI is InChI=1S/C7H8O3S.C4H8O/c1-6-2-4-7(5-3-6)11(8,9)10;1-2-4-5-3-1/h2-5H,1H3,(H,8,9,10);1-4H2. The van der Waals surface area contributed by atoms with Crippen molar-refractivity contribution in [2.45, 2.75) is 24.7 Å². The second-order valence-electron chi connectivity index (χ2n) is 3.61. The molecule has 1 aromatic rings. The molecule has 1 N–H and O–H groups in total. The Morgan fingerprint density at radius 2 is 1.62 bits per heavy atom. The second-order valence-corrected chi connectivity index (χ2v) is 5.03. The summed E-state index contributed by atoms with van der Waals surface area (Å²) in [7, 11) is -4.02. The van der Waals surface area contributed by atoms with Gasteiger partial charge in [-0.15, -0.1) is 0 Å². The fourth-order valence-electron chi connectivity index (χ4n) is 1.22. The molecule has 0 radical (unpaired) electrons. The third kappa shape index (κ3) is 4.74. The van der Waals surface area contributed by atoms with Gasteiger partial charge in [0.2, 0.25) is 0 Å². The predicted octanol–water partition coefficient (Wildman–Crippen LogP) is 2.04. The molecule has 1 aliphatic heterocycles. The van der Waals surface area contributed by atoms with E-state index >= 15 is 0 Å². The Bertz CT molecular complexity index is 397. The van der Waals surface area contributed by atoms with E-state index in [1.165, 1.54) is 25.0 Å². The molecule has 2 rings (SSSR count). The molecule has 1 fully saturated rings. The van der Waals surface area contributed by atoms with E-state index in [-0.39, 0.29) is 4.90 Å². The third-order valence-corrected chi connectivity index (χ3v) is 3.01. The molecule has 4 nitrogen and oxygen atoms in total. The van der Waals surface area contributed by atoms with E-state index in [0.717, 1.165) is 18.8 Å². The van der Waals surface area contributed by atoms with Crippen LogP contribution in [0.3, 0.4) is 0 Å². The summed E-state index contributed by atoms with van der Waals surface area (Å²) in [6, 6.07) is 5.99. The first-order chi connectivity index (χ1) is 7.50. The molecule has 0 unspecified atom stereocenters. The van der Waals surface area contributed by atoms with Gasteiger partial charge in [0.05, 0.1) is 4.90 Å². The van der Waals surface area contributed by atoms with Gasteiger partial charge in [-0.25, -0.2) is 0 Å². The molecule has 0 amide bonds. The third-order valence-electron chi connectivity index (χ3n) is 2.15. The first-order valence-electron chi connectivity index (χ1n) is 5.12. The molecule has 0 aliphatic carbocycles. The lowest BCUT2D eigenvalue weighted by molar-refractivity contribution is 0.198. The number of hydrogen-bond acceptors (Lipinski definition) is 3. The monoisotopic (exact) mass is 244 g/mol. The average Bonchev–Trinajstić information content (AvgIpc) is 2.74. The fraction of sp³-hybridized carbons (Fsp3) is 0.455. The minimum absolute atomic E-state index is 0.0666. The topological polar surface area (TPSA) is 63.6 Å². The number of benzene rings is 1. The average molecular weight is 244 g/mol. The summed E-state index contributed by atoms with van der Waals surface area (Å²) >= 11 is 0. The van der Waals surface area contributed by atoms with Crippen LogP contribution >= 0.6 is 0 Å². The van der Waals surface area contributed by atoms with E-state index in [2.05, 4.69) is 0 Å². The van der Waals surface area contributed by atoms with Crippen LogP contribution in [0.4, 0.5) is 0 Å². The number of ether oxygens (including phenoxy) is 1. The fourth-order valence-corrected chi connectivity index (χ4v) is 1.70. The summed E-state index contributed by atoms with van der Waals surface area (Å²) in [4.78, 5) is -0.0666. The molecular formula is C11H16O4S. The van der Waals surface area contributed by atoms with Crippen LogP contribution in [-0.2, 0) is 14.9 Å². The lowest BCUT2D eigenvalue weighted by Crippen LogP contribution is -1.96. The van der Waals surface area contributed by atoms with E-state index in [1.54, 1.807) is 12.1 Å². The Labute approximate surface area is 96.0 Å². The maximum atomic E-state index is 10.5. The van der Waals surface area contributed by atoms with Crippen molar-refractivity contribution in [3.05, 3.63) is 29.8 Å². The molecule has 5 heteroatoms. The number of hydrogen-bond donors (Lipinski definition) is 1. The van der Waals surface area contributed by atoms with Crippen LogP contribution in [0.15, 0.2) is 29.2 Å². The Balaban J connectivity index is 0.000000212. The van der Waals surface area contributed by atoms with Crippen molar-refractivity contribution in [3.63, 3.8) is 0 Å². The van der Waals surface area contributed by atoms with E-state index in [9.17, 15) is 8.42 Å². The SMILES string of the molecule is C1CCOC1.Cc1ccc(S(=O)(=O)O)cc1. The van der Waals surface area contributed by atoms with Crippen molar-refractivity contribution in [3.8, 4) is 0 Å². The van der Waals surface area contributed by atoms with Crippen molar-refractivity contribution >= 4 is 10.1 Å². The van der Waals surface area contributed by atoms with Crippen molar-refractivity contribution in [2.24, 2.45) is 0 Å². The van der Waals surface area contributed by atoms with Gasteiger partial charge in [-0.1, -0.05) is 17.7 Å². The van der Waals surface area contributed by atoms with Crippen molar-refractivity contribution < 1.29 is 17.7 Å². The van der Waals surface area contributed by atoms with Crippen molar-refractivity contribution in [1.82, 2.24) is 0 Å². The molecule has 1 aromatic carbocycles. The zero-order valence-electron chi connectivity index (χ0n) is 9.22. The summed E-state index contributed by atoms with van der Waals surface area (Å²) in [6.45, 7) is 3.84. The molecule has 0 atom stereocenters. The molecule has 0 spiro atoms. The van der Waals surface area contributed by atoms with Gasteiger partial charge in [-0.05, 0) is 31.9 Å². The lowest BCUT2D eigenvalue weighted by Gasteiger charge is -1.95. The summed E-state index contributed by atoms with van der Waals surface area (Å²) in [5, 5.41) is 0. The smallest absolute Gasteiger partial charge is 0.294 e. The molecule has 0 saturated carbocycles. The highest BCUT2D eigenvalue weighted by molar-refractivity contribution is 7.85. The Hall–Kier alpha value is -0.910. The molecule has 1 aliphatic rings. The van der Waals surface area contributed by atoms with Gasteiger partial charge in [0.25, 0.3) is 10.1 Å². The summed E-state index contributed by atoms with van der Waals surface area (Å²) in [6.07, 6.45) is 2.56. The van der Waals surface area contributed by atoms with E-state index < -0.39 is 10.1 Å². The van der Waals surface area contributed by atoms with Crippen molar-refractivity contribution in [1.29, 1.82) is 0 Å². The zero-order valence-corrected chi connectivity index (χ0v) is 10.0. The minimum atomic E-state index is -4.02. The second kappa shape index (κ2) is 5.98. The molecule has 16 heavy (non-hydrogen) atoms. The predicted molar refractivity (Wildman–Crippen MR) is 61.0 cm³/mol. The van der Waals surface area contributed by atoms with Gasteiger partial charge >= 0.3 is 0 Å². The van der Waals surface area contributed by atoms with Crippen LogP contribution < -0.4 is 0 Å². The highest BCUT2D eigenvalue weighted by Crippen LogP contribution is 2.08. The van der Waals surface area contributed by atoms with Crippen LogP contribution in [0.25, 0.3) is 0 Å². The molecule has 0 aromatic heterocycles. The summed E-state index contributed by atoms with van der Waals surface area (Å²) in [5.41, 5.74) is 0.956. The molecule has 1 saturated heterocycles. The van der Waals surface area contributed by atoms with Crippen LogP contribution in [0, 0.1) is 6.92 Å². The molecule has 90 valence electrons. The summed E-state index contributed by atoms with van der Waals surface area (Å²) in [5.74, 6) is 0. The van der Waals surface area contributed by atoms with E-state index in [4.69, 9.17) is 9.29 Å². The van der Waals surface area contributed by atoms with Crippen LogP contribution in [0.2, 0.25) is 0 Å². The molecule has 0 bridgehead atoms. The van der Waals surface area contributed by atoms with Gasteiger partial charge in [-0.3, -0.25) is 4.55 Å². The quantitative estimate of drug-likeness (QED) is 0.768. The Morgan fingerprint density at radius 3 is 1.94 bits per heavy atom. The maximum absolute atomic E-state index is 10.5. The van der Waals surface area contributed by atoms with E-state index in [0.29, 0.717) is 0 Å². The van der Waals surface area contributed by atoms with E-state index in [1.807, 2.05) is 6.92 Å². The Morgan fingerprint density at radius 1 is 1.12 bits per heavy atom. The summed E-state index contributed by atoms with van der Waals surface area (Å²) < 4.78 is 34.5. The van der Waals surface area contributed by atoms with Crippen LogP contribution in [-0.4, -0.2) is 26.2 Å². The molecule has 1 heterocycles. The van der Waals surface area contributed by atoms with Crippen molar-refractivity contribution in [2.75, 3.05) is 13.2 Å². The largest absolute Gasteiger partial charge is 0.381 e. The maximum Gasteiger partial charge on any atom is 0.294 e. The molecular weight excluding hydrogens is 228 g/mol. The van der Waals surface area contributed by atoms with Gasteiger partial charge in [-0.2, -0.15) is 8.42 Å². The highest BCUT2D eigenvalue weighted by Gasteiger charge is 2.06.